The molecule has 1 saturated carbocycles. The summed E-state index contributed by atoms with van der Waals surface area (Å²) in [6.45, 7) is 0.537. The second kappa shape index (κ2) is 3.69. The first kappa shape index (κ1) is 9.05. The highest BCUT2D eigenvalue weighted by Gasteiger charge is 2.21. The van der Waals surface area contributed by atoms with Crippen LogP contribution in [0.5, 0.6) is 0 Å². The molecule has 0 radical (unpaired) electrons. The molecule has 0 unspecified atom stereocenters. The van der Waals surface area contributed by atoms with Gasteiger partial charge in [0, 0.05) is 25.5 Å². The lowest BCUT2D eigenvalue weighted by Gasteiger charge is -2.02. The van der Waals surface area contributed by atoms with E-state index in [9.17, 15) is 0 Å². The number of nitrogens with zero attached hydrogens (tertiary/aromatic N) is 3. The van der Waals surface area contributed by atoms with Crippen molar-refractivity contribution in [3.63, 3.8) is 0 Å². The molecule has 1 aliphatic carbocycles. The van der Waals surface area contributed by atoms with E-state index in [2.05, 4.69) is 15.3 Å². The average molecular weight is 193 g/mol. The Balaban J connectivity index is 1.88. The normalized spacial score (nSPS) is 17.1. The number of aromatic nitrogens is 2. The molecule has 0 atom stereocenters. The van der Waals surface area contributed by atoms with Gasteiger partial charge in [0.25, 0.3) is 0 Å². The lowest BCUT2D eigenvalue weighted by Crippen LogP contribution is -2.33. The highest BCUT2D eigenvalue weighted by atomic mass is 15.1. The molecule has 76 valence electrons. The zero-order chi connectivity index (χ0) is 9.97. The van der Waals surface area contributed by atoms with E-state index in [1.54, 1.807) is 6.20 Å². The van der Waals surface area contributed by atoms with Crippen molar-refractivity contribution in [1.29, 1.82) is 0 Å². The van der Waals surface area contributed by atoms with Crippen molar-refractivity contribution >= 4 is 5.96 Å². The van der Waals surface area contributed by atoms with E-state index in [-0.39, 0.29) is 0 Å². The molecule has 0 spiro atoms. The van der Waals surface area contributed by atoms with Gasteiger partial charge in [-0.15, -0.1) is 0 Å². The quantitative estimate of drug-likeness (QED) is 0.524. The van der Waals surface area contributed by atoms with E-state index < -0.39 is 0 Å². The highest BCUT2D eigenvalue weighted by Crippen LogP contribution is 2.17. The molecule has 1 aliphatic rings. The van der Waals surface area contributed by atoms with Gasteiger partial charge in [0.1, 0.15) is 12.4 Å². The standard InChI is InChI=1S/C9H15N5/c1-14-5-4-11-8(14)6-12-9(10)13-7-2-3-7/h4-5,7H,2-3,6H2,1H3,(H3,10,12,13). The Bertz CT molecular complexity index is 337. The Labute approximate surface area is 83.0 Å². The number of rotatable bonds is 3. The minimum atomic E-state index is 0.524. The van der Waals surface area contributed by atoms with Crippen molar-refractivity contribution < 1.29 is 0 Å². The molecular formula is C9H15N5. The molecule has 1 aromatic heterocycles. The summed E-state index contributed by atoms with van der Waals surface area (Å²) in [6.07, 6.45) is 6.07. The largest absolute Gasteiger partial charge is 0.370 e. The fourth-order valence-corrected chi connectivity index (χ4v) is 1.19. The van der Waals surface area contributed by atoms with Crippen LogP contribution in [0, 0.1) is 0 Å². The maximum atomic E-state index is 5.68. The minimum Gasteiger partial charge on any atom is -0.370 e. The Morgan fingerprint density at radius 1 is 1.79 bits per heavy atom. The Morgan fingerprint density at radius 3 is 3.14 bits per heavy atom. The first-order valence-corrected chi connectivity index (χ1v) is 4.78. The number of imidazole rings is 1. The van der Waals surface area contributed by atoms with Gasteiger partial charge in [0.2, 0.25) is 0 Å². The van der Waals surface area contributed by atoms with Gasteiger partial charge in [0.05, 0.1) is 0 Å². The molecular weight excluding hydrogens is 178 g/mol. The SMILES string of the molecule is Cn1ccnc1CN=C(N)NC1CC1. The van der Waals surface area contributed by atoms with Crippen molar-refractivity contribution in [2.24, 2.45) is 17.8 Å². The van der Waals surface area contributed by atoms with E-state index in [1.807, 2.05) is 17.8 Å². The molecule has 14 heavy (non-hydrogen) atoms. The molecule has 5 heteroatoms. The second-order valence-corrected chi connectivity index (χ2v) is 3.57. The molecule has 1 aromatic rings. The predicted molar refractivity (Wildman–Crippen MR) is 54.7 cm³/mol. The van der Waals surface area contributed by atoms with Gasteiger partial charge in [0.15, 0.2) is 5.96 Å². The molecule has 0 aromatic carbocycles. The summed E-state index contributed by atoms with van der Waals surface area (Å²) >= 11 is 0. The minimum absolute atomic E-state index is 0.524. The number of nitrogens with one attached hydrogen (secondary N) is 1. The van der Waals surface area contributed by atoms with E-state index in [4.69, 9.17) is 5.73 Å². The predicted octanol–water partition coefficient (Wildman–Crippen LogP) is -0.0132. The van der Waals surface area contributed by atoms with Crippen LogP contribution in [-0.4, -0.2) is 21.6 Å². The zero-order valence-corrected chi connectivity index (χ0v) is 8.27. The third-order valence-corrected chi connectivity index (χ3v) is 2.24. The fourth-order valence-electron chi connectivity index (χ4n) is 1.19. The Kier molecular flexibility index (Phi) is 2.39. The summed E-state index contributed by atoms with van der Waals surface area (Å²) < 4.78 is 1.94. The Hall–Kier alpha value is -1.52. The summed E-state index contributed by atoms with van der Waals surface area (Å²) in [4.78, 5) is 8.36. The number of nitrogens with two attached hydrogens (primary N) is 1. The molecule has 2 rings (SSSR count). The fraction of sp³-hybridized carbons (Fsp3) is 0.556. The first-order chi connectivity index (χ1) is 6.75. The van der Waals surface area contributed by atoms with Crippen LogP contribution in [-0.2, 0) is 13.6 Å². The number of guanidine groups is 1. The van der Waals surface area contributed by atoms with Crippen LogP contribution in [0.3, 0.4) is 0 Å². The van der Waals surface area contributed by atoms with Crippen molar-refractivity contribution in [3.8, 4) is 0 Å². The third kappa shape index (κ3) is 2.25. The number of aryl methyl sites for hydroxylation is 1. The Morgan fingerprint density at radius 2 is 2.57 bits per heavy atom. The molecule has 0 saturated heterocycles. The van der Waals surface area contributed by atoms with Crippen molar-refractivity contribution in [2.75, 3.05) is 0 Å². The van der Waals surface area contributed by atoms with Gasteiger partial charge in [-0.3, -0.25) is 0 Å². The summed E-state index contributed by atoms with van der Waals surface area (Å²) in [6, 6.07) is 0.556. The van der Waals surface area contributed by atoms with Gasteiger partial charge in [-0.2, -0.15) is 0 Å². The van der Waals surface area contributed by atoms with E-state index >= 15 is 0 Å². The molecule has 1 fully saturated rings. The topological polar surface area (TPSA) is 68.2 Å². The number of aliphatic imine (C=N–C) groups is 1. The second-order valence-electron chi connectivity index (χ2n) is 3.57. The van der Waals surface area contributed by atoms with Crippen LogP contribution in [0.4, 0.5) is 0 Å². The van der Waals surface area contributed by atoms with Crippen molar-refractivity contribution in [1.82, 2.24) is 14.9 Å². The maximum absolute atomic E-state index is 5.68. The van der Waals surface area contributed by atoms with Crippen LogP contribution >= 0.6 is 0 Å². The molecule has 3 N–H and O–H groups in total. The molecule has 1 heterocycles. The van der Waals surface area contributed by atoms with Gasteiger partial charge in [-0.1, -0.05) is 0 Å². The highest BCUT2D eigenvalue weighted by molar-refractivity contribution is 5.78. The van der Waals surface area contributed by atoms with E-state index in [0.29, 0.717) is 18.5 Å². The van der Waals surface area contributed by atoms with Crippen LogP contribution in [0.2, 0.25) is 0 Å². The lowest BCUT2D eigenvalue weighted by molar-refractivity contribution is 0.784. The molecule has 5 nitrogen and oxygen atoms in total. The van der Waals surface area contributed by atoms with Gasteiger partial charge in [-0.25, -0.2) is 9.98 Å². The summed E-state index contributed by atoms with van der Waals surface area (Å²) in [5.74, 6) is 1.45. The monoisotopic (exact) mass is 193 g/mol. The smallest absolute Gasteiger partial charge is 0.189 e. The zero-order valence-electron chi connectivity index (χ0n) is 8.27. The van der Waals surface area contributed by atoms with Crippen molar-refractivity contribution in [3.05, 3.63) is 18.2 Å². The molecule has 0 amide bonds. The van der Waals surface area contributed by atoms with Gasteiger partial charge < -0.3 is 15.6 Å². The third-order valence-electron chi connectivity index (χ3n) is 2.24. The van der Waals surface area contributed by atoms with Crippen LogP contribution in [0.15, 0.2) is 17.4 Å². The summed E-state index contributed by atoms with van der Waals surface area (Å²) in [5.41, 5.74) is 5.68. The maximum Gasteiger partial charge on any atom is 0.189 e. The number of hydrogen-bond donors (Lipinski definition) is 2. The number of hydrogen-bond acceptors (Lipinski definition) is 2. The summed E-state index contributed by atoms with van der Waals surface area (Å²) in [5, 5.41) is 3.13. The van der Waals surface area contributed by atoms with Crippen LogP contribution in [0.25, 0.3) is 0 Å². The van der Waals surface area contributed by atoms with Crippen molar-refractivity contribution in [2.45, 2.75) is 25.4 Å². The van der Waals surface area contributed by atoms with E-state index in [0.717, 1.165) is 5.82 Å². The molecule has 0 bridgehead atoms. The van der Waals surface area contributed by atoms with Crippen LogP contribution in [0.1, 0.15) is 18.7 Å². The van der Waals surface area contributed by atoms with Crippen LogP contribution < -0.4 is 11.1 Å². The lowest BCUT2D eigenvalue weighted by atomic mass is 10.6. The average Bonchev–Trinajstić information content (AvgIpc) is 2.86. The first-order valence-electron chi connectivity index (χ1n) is 4.78. The van der Waals surface area contributed by atoms with Gasteiger partial charge >= 0.3 is 0 Å². The summed E-state index contributed by atoms with van der Waals surface area (Å²) in [7, 11) is 1.95. The molecule has 0 aliphatic heterocycles. The van der Waals surface area contributed by atoms with E-state index in [1.165, 1.54) is 12.8 Å². The van der Waals surface area contributed by atoms with Gasteiger partial charge in [-0.05, 0) is 12.8 Å².